The van der Waals surface area contributed by atoms with E-state index in [0.717, 1.165) is 28.1 Å². The summed E-state index contributed by atoms with van der Waals surface area (Å²) in [6.45, 7) is 2.39. The molecule has 0 radical (unpaired) electrons. The largest absolute Gasteiger partial charge is 0.496 e. The number of benzene rings is 1. The summed E-state index contributed by atoms with van der Waals surface area (Å²) in [7, 11) is 1.63. The second-order valence-electron chi connectivity index (χ2n) is 6.47. The van der Waals surface area contributed by atoms with Crippen LogP contribution >= 0.6 is 11.6 Å². The third-order valence-electron chi connectivity index (χ3n) is 4.42. The van der Waals surface area contributed by atoms with Gasteiger partial charge >= 0.3 is 0 Å². The van der Waals surface area contributed by atoms with Crippen molar-refractivity contribution >= 4 is 11.6 Å². The summed E-state index contributed by atoms with van der Waals surface area (Å²) in [5, 5.41) is 0.444. The summed E-state index contributed by atoms with van der Waals surface area (Å²) in [6.07, 6.45) is 5.26. The Hall–Kier alpha value is -3.38. The van der Waals surface area contributed by atoms with E-state index in [9.17, 15) is 0 Å². The van der Waals surface area contributed by atoms with Gasteiger partial charge in [0.05, 0.1) is 19.0 Å². The number of aromatic amines is 1. The standard InChI is InChI=1S/C22H19ClN4O2/c1-14-3-4-15(10-24-14)13-29-17-6-7-18(20(9-17)28-2)19-12-26-22(27-19)16-5-8-21(23)25-11-16/h3-12H,13H2,1-2H3,(H,26,27). The Morgan fingerprint density at radius 3 is 2.59 bits per heavy atom. The molecule has 4 rings (SSSR count). The lowest BCUT2D eigenvalue weighted by Crippen LogP contribution is -1.97. The van der Waals surface area contributed by atoms with E-state index < -0.39 is 0 Å². The number of imidazole rings is 1. The van der Waals surface area contributed by atoms with Gasteiger partial charge in [0.2, 0.25) is 0 Å². The summed E-state index contributed by atoms with van der Waals surface area (Å²) in [4.78, 5) is 16.1. The minimum Gasteiger partial charge on any atom is -0.496 e. The molecule has 1 N–H and O–H groups in total. The molecular formula is C22H19ClN4O2. The van der Waals surface area contributed by atoms with E-state index in [0.29, 0.717) is 29.1 Å². The molecule has 0 atom stereocenters. The molecule has 0 unspecified atom stereocenters. The van der Waals surface area contributed by atoms with Gasteiger partial charge in [0.25, 0.3) is 0 Å². The number of hydrogen-bond donors (Lipinski definition) is 1. The van der Waals surface area contributed by atoms with Crippen molar-refractivity contribution in [2.45, 2.75) is 13.5 Å². The van der Waals surface area contributed by atoms with E-state index in [1.807, 2.05) is 49.5 Å². The highest BCUT2D eigenvalue weighted by atomic mass is 35.5. The van der Waals surface area contributed by atoms with Gasteiger partial charge in [-0.2, -0.15) is 0 Å². The summed E-state index contributed by atoms with van der Waals surface area (Å²) in [5.41, 5.74) is 4.56. The summed E-state index contributed by atoms with van der Waals surface area (Å²) in [6, 6.07) is 13.3. The number of H-pyrrole nitrogens is 1. The number of pyridine rings is 2. The maximum Gasteiger partial charge on any atom is 0.139 e. The van der Waals surface area contributed by atoms with Gasteiger partial charge in [0, 0.05) is 40.8 Å². The Kier molecular flexibility index (Phi) is 5.44. The van der Waals surface area contributed by atoms with Crippen molar-refractivity contribution in [1.82, 2.24) is 19.9 Å². The van der Waals surface area contributed by atoms with Crippen molar-refractivity contribution in [3.05, 3.63) is 77.5 Å². The van der Waals surface area contributed by atoms with Gasteiger partial charge in [-0.05, 0) is 37.3 Å². The van der Waals surface area contributed by atoms with Crippen molar-refractivity contribution in [1.29, 1.82) is 0 Å². The van der Waals surface area contributed by atoms with Crippen LogP contribution in [-0.2, 0) is 6.61 Å². The number of halogens is 1. The molecule has 4 aromatic rings. The molecule has 6 nitrogen and oxygen atoms in total. The molecule has 0 bridgehead atoms. The first kappa shape index (κ1) is 19.0. The van der Waals surface area contributed by atoms with Crippen LogP contribution in [0, 0.1) is 6.92 Å². The van der Waals surface area contributed by atoms with Crippen LogP contribution in [0.25, 0.3) is 22.6 Å². The second kappa shape index (κ2) is 8.32. The molecule has 3 aromatic heterocycles. The molecule has 0 aliphatic carbocycles. The molecular weight excluding hydrogens is 388 g/mol. The predicted octanol–water partition coefficient (Wildman–Crippen LogP) is 5.08. The fourth-order valence-corrected chi connectivity index (χ4v) is 2.97. The normalized spacial score (nSPS) is 10.7. The van der Waals surface area contributed by atoms with E-state index in [1.54, 1.807) is 25.6 Å². The summed E-state index contributed by atoms with van der Waals surface area (Å²) in [5.74, 6) is 2.11. The van der Waals surface area contributed by atoms with Gasteiger partial charge in [-0.1, -0.05) is 17.7 Å². The predicted molar refractivity (Wildman–Crippen MR) is 112 cm³/mol. The maximum absolute atomic E-state index is 5.88. The number of ether oxygens (including phenoxy) is 2. The van der Waals surface area contributed by atoms with E-state index in [4.69, 9.17) is 21.1 Å². The Morgan fingerprint density at radius 1 is 0.966 bits per heavy atom. The average molecular weight is 407 g/mol. The van der Waals surface area contributed by atoms with Crippen LogP contribution in [0.3, 0.4) is 0 Å². The zero-order valence-corrected chi connectivity index (χ0v) is 16.8. The molecule has 0 saturated heterocycles. The van der Waals surface area contributed by atoms with Gasteiger partial charge in [0.15, 0.2) is 0 Å². The van der Waals surface area contributed by atoms with Gasteiger partial charge < -0.3 is 14.5 Å². The van der Waals surface area contributed by atoms with Crippen LogP contribution in [0.2, 0.25) is 5.15 Å². The number of nitrogens with zero attached hydrogens (tertiary/aromatic N) is 3. The lowest BCUT2D eigenvalue weighted by molar-refractivity contribution is 0.303. The van der Waals surface area contributed by atoms with Crippen LogP contribution in [-0.4, -0.2) is 27.0 Å². The highest BCUT2D eigenvalue weighted by Gasteiger charge is 2.12. The number of nitrogens with one attached hydrogen (secondary N) is 1. The molecule has 146 valence electrons. The first-order chi connectivity index (χ1) is 14.1. The first-order valence-corrected chi connectivity index (χ1v) is 9.40. The first-order valence-electron chi connectivity index (χ1n) is 9.02. The molecule has 1 aromatic carbocycles. The molecule has 7 heteroatoms. The van der Waals surface area contributed by atoms with E-state index in [1.165, 1.54) is 0 Å². The number of aryl methyl sites for hydroxylation is 1. The minimum atomic E-state index is 0.438. The topological polar surface area (TPSA) is 72.9 Å². The Morgan fingerprint density at radius 2 is 1.86 bits per heavy atom. The number of hydrogen-bond acceptors (Lipinski definition) is 5. The summed E-state index contributed by atoms with van der Waals surface area (Å²) >= 11 is 5.85. The molecule has 0 amide bonds. The number of rotatable bonds is 6. The van der Waals surface area contributed by atoms with Crippen LogP contribution in [0.5, 0.6) is 11.5 Å². The fourth-order valence-electron chi connectivity index (χ4n) is 2.86. The maximum atomic E-state index is 5.88. The van der Waals surface area contributed by atoms with E-state index in [-0.39, 0.29) is 0 Å². The molecule has 0 spiro atoms. The second-order valence-corrected chi connectivity index (χ2v) is 6.86. The molecule has 3 heterocycles. The third-order valence-corrected chi connectivity index (χ3v) is 4.64. The van der Waals surface area contributed by atoms with Crippen LogP contribution < -0.4 is 9.47 Å². The lowest BCUT2D eigenvalue weighted by atomic mass is 10.1. The van der Waals surface area contributed by atoms with E-state index >= 15 is 0 Å². The molecule has 0 saturated carbocycles. The average Bonchev–Trinajstić information content (AvgIpc) is 3.23. The SMILES string of the molecule is COc1cc(OCc2ccc(C)nc2)ccc1-c1cnc(-c2ccc(Cl)nc2)[nH]1. The van der Waals surface area contributed by atoms with Crippen molar-refractivity contribution in [3.8, 4) is 34.1 Å². The van der Waals surface area contributed by atoms with Crippen molar-refractivity contribution in [2.24, 2.45) is 0 Å². The zero-order chi connectivity index (χ0) is 20.2. The molecule has 0 aliphatic heterocycles. The van der Waals surface area contributed by atoms with Crippen LogP contribution in [0.4, 0.5) is 0 Å². The highest BCUT2D eigenvalue weighted by Crippen LogP contribution is 2.33. The Labute approximate surface area is 173 Å². The van der Waals surface area contributed by atoms with Gasteiger partial charge in [-0.25, -0.2) is 9.97 Å². The smallest absolute Gasteiger partial charge is 0.139 e. The molecule has 0 fully saturated rings. The van der Waals surface area contributed by atoms with E-state index in [2.05, 4.69) is 19.9 Å². The van der Waals surface area contributed by atoms with Crippen LogP contribution in [0.15, 0.2) is 61.1 Å². The Bertz CT molecular complexity index is 1110. The highest BCUT2D eigenvalue weighted by molar-refractivity contribution is 6.29. The monoisotopic (exact) mass is 406 g/mol. The van der Waals surface area contributed by atoms with Crippen molar-refractivity contribution < 1.29 is 9.47 Å². The quantitative estimate of drug-likeness (QED) is 0.452. The van der Waals surface area contributed by atoms with Crippen molar-refractivity contribution in [3.63, 3.8) is 0 Å². The number of methoxy groups -OCH3 is 1. The van der Waals surface area contributed by atoms with Gasteiger partial charge in [-0.3, -0.25) is 4.98 Å². The van der Waals surface area contributed by atoms with Crippen LogP contribution in [0.1, 0.15) is 11.3 Å². The lowest BCUT2D eigenvalue weighted by Gasteiger charge is -2.11. The van der Waals surface area contributed by atoms with Gasteiger partial charge in [-0.15, -0.1) is 0 Å². The minimum absolute atomic E-state index is 0.438. The Balaban J connectivity index is 1.54. The molecule has 29 heavy (non-hydrogen) atoms. The third kappa shape index (κ3) is 4.38. The number of aromatic nitrogens is 4. The zero-order valence-electron chi connectivity index (χ0n) is 16.0. The molecule has 0 aliphatic rings. The fraction of sp³-hybridized carbons (Fsp3) is 0.136. The van der Waals surface area contributed by atoms with Crippen molar-refractivity contribution in [2.75, 3.05) is 7.11 Å². The summed E-state index contributed by atoms with van der Waals surface area (Å²) < 4.78 is 11.5. The van der Waals surface area contributed by atoms with Gasteiger partial charge in [0.1, 0.15) is 29.1 Å².